The van der Waals surface area contributed by atoms with Gasteiger partial charge < -0.3 is 9.88 Å². The van der Waals surface area contributed by atoms with Gasteiger partial charge in [-0.05, 0) is 37.5 Å². The molecule has 1 N–H and O–H groups in total. The Morgan fingerprint density at radius 2 is 2.28 bits per heavy atom. The molecule has 18 heavy (non-hydrogen) atoms. The highest BCUT2D eigenvalue weighted by Crippen LogP contribution is 2.21. The van der Waals surface area contributed by atoms with E-state index >= 15 is 0 Å². The van der Waals surface area contributed by atoms with Crippen LogP contribution in [0.1, 0.15) is 24.1 Å². The van der Waals surface area contributed by atoms with Gasteiger partial charge in [-0.25, -0.2) is 4.98 Å². The molecule has 1 saturated carbocycles. The summed E-state index contributed by atoms with van der Waals surface area (Å²) in [6.45, 7) is 2.92. The number of halogens is 1. The molecule has 1 fully saturated rings. The minimum atomic E-state index is 0.711. The van der Waals surface area contributed by atoms with E-state index in [0.29, 0.717) is 6.04 Å². The van der Waals surface area contributed by atoms with Crippen LogP contribution in [0.25, 0.3) is 5.69 Å². The molecule has 0 spiro atoms. The second-order valence-electron chi connectivity index (χ2n) is 4.86. The van der Waals surface area contributed by atoms with Gasteiger partial charge in [0.1, 0.15) is 0 Å². The SMILES string of the molecule is Cc1ccc(Cl)cc1-n1cnc(CNC2CC2)c1. The fourth-order valence-corrected chi connectivity index (χ4v) is 2.15. The van der Waals surface area contributed by atoms with Crippen LogP contribution in [0.4, 0.5) is 0 Å². The van der Waals surface area contributed by atoms with Crippen LogP contribution in [-0.2, 0) is 6.54 Å². The van der Waals surface area contributed by atoms with Crippen LogP contribution >= 0.6 is 11.6 Å². The molecule has 94 valence electrons. The molecule has 3 rings (SSSR count). The standard InChI is InChI=1S/C14H16ClN3/c1-10-2-3-11(15)6-14(10)18-8-13(17-9-18)7-16-12-4-5-12/h2-3,6,8-9,12,16H,4-5,7H2,1H3. The predicted octanol–water partition coefficient (Wildman–Crippen LogP) is 3.09. The number of hydrogen-bond donors (Lipinski definition) is 1. The van der Waals surface area contributed by atoms with Crippen LogP contribution in [0.5, 0.6) is 0 Å². The predicted molar refractivity (Wildman–Crippen MR) is 73.2 cm³/mol. The Kier molecular flexibility index (Phi) is 3.10. The highest BCUT2D eigenvalue weighted by atomic mass is 35.5. The molecule has 4 heteroatoms. The highest BCUT2D eigenvalue weighted by Gasteiger charge is 2.20. The van der Waals surface area contributed by atoms with Crippen LogP contribution < -0.4 is 5.32 Å². The quantitative estimate of drug-likeness (QED) is 0.917. The fourth-order valence-electron chi connectivity index (χ4n) is 1.98. The number of imidazole rings is 1. The lowest BCUT2D eigenvalue weighted by Gasteiger charge is -2.06. The van der Waals surface area contributed by atoms with Crippen LogP contribution in [0.15, 0.2) is 30.7 Å². The Bertz CT molecular complexity index is 558. The topological polar surface area (TPSA) is 29.9 Å². The Balaban J connectivity index is 1.80. The number of aryl methyl sites for hydroxylation is 1. The Morgan fingerprint density at radius 3 is 3.06 bits per heavy atom. The number of aromatic nitrogens is 2. The molecule has 1 aliphatic rings. The molecule has 1 aliphatic carbocycles. The molecule has 3 nitrogen and oxygen atoms in total. The van der Waals surface area contributed by atoms with Gasteiger partial charge >= 0.3 is 0 Å². The first-order valence-corrected chi connectivity index (χ1v) is 6.63. The van der Waals surface area contributed by atoms with Gasteiger partial charge in [0, 0.05) is 23.8 Å². The van der Waals surface area contributed by atoms with Gasteiger partial charge in [0.25, 0.3) is 0 Å². The lowest BCUT2D eigenvalue weighted by Crippen LogP contribution is -2.15. The van der Waals surface area contributed by atoms with Gasteiger partial charge in [-0.3, -0.25) is 0 Å². The molecular weight excluding hydrogens is 246 g/mol. The van der Waals surface area contributed by atoms with Crippen molar-refractivity contribution in [1.82, 2.24) is 14.9 Å². The van der Waals surface area contributed by atoms with Gasteiger partial charge in [0.05, 0.1) is 17.7 Å². The van der Waals surface area contributed by atoms with Crippen molar-refractivity contribution in [3.05, 3.63) is 47.0 Å². The number of nitrogens with zero attached hydrogens (tertiary/aromatic N) is 2. The van der Waals surface area contributed by atoms with Gasteiger partial charge in [0.15, 0.2) is 0 Å². The third-order valence-electron chi connectivity index (χ3n) is 3.23. The Labute approximate surface area is 112 Å². The summed E-state index contributed by atoms with van der Waals surface area (Å²) in [5.74, 6) is 0. The maximum absolute atomic E-state index is 6.04. The summed E-state index contributed by atoms with van der Waals surface area (Å²) in [4.78, 5) is 4.42. The number of nitrogens with one attached hydrogen (secondary N) is 1. The average Bonchev–Trinajstić information content (AvgIpc) is 3.08. The summed E-state index contributed by atoms with van der Waals surface area (Å²) in [5.41, 5.74) is 3.35. The van der Waals surface area contributed by atoms with Crippen molar-refractivity contribution >= 4 is 11.6 Å². The number of benzene rings is 1. The van der Waals surface area contributed by atoms with E-state index in [1.54, 1.807) is 0 Å². The minimum Gasteiger partial charge on any atom is -0.308 e. The molecule has 0 saturated heterocycles. The molecule has 0 bridgehead atoms. The Hall–Kier alpha value is -1.32. The lowest BCUT2D eigenvalue weighted by atomic mass is 10.2. The first-order valence-electron chi connectivity index (χ1n) is 6.25. The van der Waals surface area contributed by atoms with Crippen molar-refractivity contribution in [3.8, 4) is 5.69 Å². The van der Waals surface area contributed by atoms with E-state index in [1.807, 2.05) is 29.1 Å². The maximum atomic E-state index is 6.04. The van der Waals surface area contributed by atoms with E-state index in [-0.39, 0.29) is 0 Å². The summed E-state index contributed by atoms with van der Waals surface area (Å²) in [6.07, 6.45) is 6.51. The van der Waals surface area contributed by atoms with E-state index in [0.717, 1.165) is 22.9 Å². The van der Waals surface area contributed by atoms with Crippen molar-refractivity contribution in [2.45, 2.75) is 32.4 Å². The van der Waals surface area contributed by atoms with Crippen molar-refractivity contribution in [3.63, 3.8) is 0 Å². The zero-order valence-electron chi connectivity index (χ0n) is 10.4. The maximum Gasteiger partial charge on any atom is 0.0995 e. The molecule has 2 aromatic rings. The van der Waals surface area contributed by atoms with Crippen LogP contribution in [0.3, 0.4) is 0 Å². The third-order valence-corrected chi connectivity index (χ3v) is 3.47. The molecule has 1 aromatic carbocycles. The first-order chi connectivity index (χ1) is 8.72. The first kappa shape index (κ1) is 11.8. The molecule has 0 amide bonds. The zero-order chi connectivity index (χ0) is 12.5. The smallest absolute Gasteiger partial charge is 0.0995 e. The Morgan fingerprint density at radius 1 is 1.44 bits per heavy atom. The van der Waals surface area contributed by atoms with Crippen LogP contribution in [0.2, 0.25) is 5.02 Å². The normalized spacial score (nSPS) is 15.0. The second kappa shape index (κ2) is 4.75. The molecule has 0 radical (unpaired) electrons. The van der Waals surface area contributed by atoms with Gasteiger partial charge in [-0.2, -0.15) is 0 Å². The van der Waals surface area contributed by atoms with Crippen LogP contribution in [-0.4, -0.2) is 15.6 Å². The van der Waals surface area contributed by atoms with Gasteiger partial charge in [0.2, 0.25) is 0 Å². The molecular formula is C14H16ClN3. The van der Waals surface area contributed by atoms with E-state index in [1.165, 1.54) is 18.4 Å². The van der Waals surface area contributed by atoms with Crippen LogP contribution in [0, 0.1) is 6.92 Å². The second-order valence-corrected chi connectivity index (χ2v) is 5.29. The van der Waals surface area contributed by atoms with E-state index < -0.39 is 0 Å². The third kappa shape index (κ3) is 2.57. The summed E-state index contributed by atoms with van der Waals surface area (Å²) < 4.78 is 2.03. The fraction of sp³-hybridized carbons (Fsp3) is 0.357. The van der Waals surface area contributed by atoms with E-state index in [9.17, 15) is 0 Å². The molecule has 0 unspecified atom stereocenters. The summed E-state index contributed by atoms with van der Waals surface area (Å²) in [6, 6.07) is 6.62. The highest BCUT2D eigenvalue weighted by molar-refractivity contribution is 6.30. The van der Waals surface area contributed by atoms with Crippen molar-refractivity contribution in [2.75, 3.05) is 0 Å². The zero-order valence-corrected chi connectivity index (χ0v) is 11.1. The number of hydrogen-bond acceptors (Lipinski definition) is 2. The summed E-state index contributed by atoms with van der Waals surface area (Å²) in [7, 11) is 0. The monoisotopic (exact) mass is 261 g/mol. The largest absolute Gasteiger partial charge is 0.308 e. The molecule has 0 aliphatic heterocycles. The van der Waals surface area contributed by atoms with E-state index in [2.05, 4.69) is 23.4 Å². The van der Waals surface area contributed by atoms with Gasteiger partial charge in [-0.1, -0.05) is 17.7 Å². The molecule has 0 atom stereocenters. The summed E-state index contributed by atoms with van der Waals surface area (Å²) in [5, 5.41) is 4.21. The van der Waals surface area contributed by atoms with Crippen molar-refractivity contribution < 1.29 is 0 Å². The summed E-state index contributed by atoms with van der Waals surface area (Å²) >= 11 is 6.04. The lowest BCUT2D eigenvalue weighted by molar-refractivity contribution is 0.677. The molecule has 1 heterocycles. The number of rotatable bonds is 4. The average molecular weight is 262 g/mol. The van der Waals surface area contributed by atoms with Crippen molar-refractivity contribution in [1.29, 1.82) is 0 Å². The van der Waals surface area contributed by atoms with E-state index in [4.69, 9.17) is 11.6 Å². The molecule has 1 aromatic heterocycles. The van der Waals surface area contributed by atoms with Gasteiger partial charge in [-0.15, -0.1) is 0 Å². The van der Waals surface area contributed by atoms with Crippen molar-refractivity contribution in [2.24, 2.45) is 0 Å². The minimum absolute atomic E-state index is 0.711.